The summed E-state index contributed by atoms with van der Waals surface area (Å²) in [7, 11) is 0. The van der Waals surface area contributed by atoms with E-state index < -0.39 is 46.9 Å². The Morgan fingerprint density at radius 2 is 1.50 bits per heavy atom. The fourth-order valence-electron chi connectivity index (χ4n) is 1.69. The lowest BCUT2D eigenvalue weighted by Gasteiger charge is -2.05. The lowest BCUT2D eigenvalue weighted by molar-refractivity contribution is 0.0987. The second-order valence-electron chi connectivity index (χ2n) is 4.06. The van der Waals surface area contributed by atoms with Crippen molar-refractivity contribution in [3.05, 3.63) is 70.5 Å². The maximum absolute atomic E-state index is 13.4. The minimum Gasteiger partial charge on any atom is -0.294 e. The van der Waals surface area contributed by atoms with E-state index in [-0.39, 0.29) is 11.6 Å². The van der Waals surface area contributed by atoms with Crippen molar-refractivity contribution in [2.24, 2.45) is 0 Å². The van der Waals surface area contributed by atoms with Crippen LogP contribution >= 0.6 is 0 Å². The zero-order chi connectivity index (χ0) is 14.9. The molecule has 2 rings (SSSR count). The van der Waals surface area contributed by atoms with Gasteiger partial charge in [-0.3, -0.25) is 4.79 Å². The van der Waals surface area contributed by atoms with Gasteiger partial charge in [-0.05, 0) is 17.7 Å². The van der Waals surface area contributed by atoms with Gasteiger partial charge in [0.15, 0.2) is 29.1 Å². The van der Waals surface area contributed by atoms with Crippen LogP contribution in [0.2, 0.25) is 0 Å². The van der Waals surface area contributed by atoms with Crippen LogP contribution < -0.4 is 0 Å². The SMILES string of the molecule is O=C(Cc1cccc(F)c1F)c1cc(F)c(F)cc1F. The second kappa shape index (κ2) is 5.40. The summed E-state index contributed by atoms with van der Waals surface area (Å²) in [6, 6.07) is 3.81. The molecule has 0 unspecified atom stereocenters. The summed E-state index contributed by atoms with van der Waals surface area (Å²) < 4.78 is 65.4. The molecular formula is C14H7F5O. The highest BCUT2D eigenvalue weighted by molar-refractivity contribution is 5.97. The van der Waals surface area contributed by atoms with Crippen LogP contribution in [0.25, 0.3) is 0 Å². The van der Waals surface area contributed by atoms with E-state index in [1.165, 1.54) is 6.07 Å². The standard InChI is InChI=1S/C14H7F5O/c15-9-3-1-2-7(14(9)19)4-13(20)8-5-11(17)12(18)6-10(8)16/h1-3,5-6H,4H2. The highest BCUT2D eigenvalue weighted by Crippen LogP contribution is 2.18. The molecule has 0 aliphatic carbocycles. The molecule has 0 saturated heterocycles. The number of hydrogen-bond donors (Lipinski definition) is 0. The Morgan fingerprint density at radius 1 is 0.850 bits per heavy atom. The fraction of sp³-hybridized carbons (Fsp3) is 0.0714. The smallest absolute Gasteiger partial charge is 0.170 e. The largest absolute Gasteiger partial charge is 0.294 e. The number of rotatable bonds is 3. The second-order valence-corrected chi connectivity index (χ2v) is 4.06. The first-order valence-electron chi connectivity index (χ1n) is 5.50. The molecule has 2 aromatic rings. The van der Waals surface area contributed by atoms with Crippen LogP contribution in [0.3, 0.4) is 0 Å². The average Bonchev–Trinajstić information content (AvgIpc) is 2.39. The first-order valence-corrected chi connectivity index (χ1v) is 5.50. The van der Waals surface area contributed by atoms with Crippen molar-refractivity contribution >= 4 is 5.78 Å². The summed E-state index contributed by atoms with van der Waals surface area (Å²) in [5.41, 5.74) is -1.01. The summed E-state index contributed by atoms with van der Waals surface area (Å²) in [5.74, 6) is -7.45. The number of halogens is 5. The van der Waals surface area contributed by atoms with E-state index in [1.54, 1.807) is 0 Å². The molecule has 0 atom stereocenters. The van der Waals surface area contributed by atoms with Crippen molar-refractivity contribution in [3.63, 3.8) is 0 Å². The van der Waals surface area contributed by atoms with Crippen LogP contribution in [0.4, 0.5) is 22.0 Å². The van der Waals surface area contributed by atoms with Crippen molar-refractivity contribution in [2.75, 3.05) is 0 Å². The van der Waals surface area contributed by atoms with E-state index >= 15 is 0 Å². The first kappa shape index (κ1) is 14.2. The maximum Gasteiger partial charge on any atom is 0.170 e. The number of ketones is 1. The van der Waals surface area contributed by atoms with Gasteiger partial charge in [0.25, 0.3) is 0 Å². The molecular weight excluding hydrogens is 279 g/mol. The van der Waals surface area contributed by atoms with Gasteiger partial charge in [-0.1, -0.05) is 12.1 Å². The third-order valence-corrected chi connectivity index (χ3v) is 2.69. The van der Waals surface area contributed by atoms with Gasteiger partial charge in [-0.2, -0.15) is 0 Å². The topological polar surface area (TPSA) is 17.1 Å². The molecule has 0 bridgehead atoms. The maximum atomic E-state index is 13.4. The number of Topliss-reactive ketones (excluding diaryl/α,β-unsaturated/α-hetero) is 1. The number of carbonyl (C=O) groups excluding carboxylic acids is 1. The Labute approximate surface area is 110 Å². The Balaban J connectivity index is 2.33. The summed E-state index contributed by atoms with van der Waals surface area (Å²) in [6.07, 6.45) is -0.661. The van der Waals surface area contributed by atoms with Gasteiger partial charge < -0.3 is 0 Å². The highest BCUT2D eigenvalue weighted by Gasteiger charge is 2.18. The highest BCUT2D eigenvalue weighted by atomic mass is 19.2. The van der Waals surface area contributed by atoms with E-state index in [4.69, 9.17) is 0 Å². The van der Waals surface area contributed by atoms with Crippen molar-refractivity contribution < 1.29 is 26.7 Å². The molecule has 0 fully saturated rings. The molecule has 0 heterocycles. The van der Waals surface area contributed by atoms with Crippen molar-refractivity contribution in [1.29, 1.82) is 0 Å². The van der Waals surface area contributed by atoms with Crippen LogP contribution in [-0.4, -0.2) is 5.78 Å². The Morgan fingerprint density at radius 3 is 2.20 bits per heavy atom. The van der Waals surface area contributed by atoms with Crippen LogP contribution in [0, 0.1) is 29.1 Å². The quantitative estimate of drug-likeness (QED) is 0.476. The minimum absolute atomic E-state index is 0.227. The predicted molar refractivity (Wildman–Crippen MR) is 60.7 cm³/mol. The van der Waals surface area contributed by atoms with E-state index in [1.807, 2.05) is 0 Å². The zero-order valence-corrected chi connectivity index (χ0v) is 9.89. The predicted octanol–water partition coefficient (Wildman–Crippen LogP) is 3.81. The third kappa shape index (κ3) is 2.68. The van der Waals surface area contributed by atoms with Gasteiger partial charge in [0.05, 0.1) is 5.56 Å². The van der Waals surface area contributed by atoms with E-state index in [0.29, 0.717) is 6.07 Å². The molecule has 20 heavy (non-hydrogen) atoms. The lowest BCUT2D eigenvalue weighted by atomic mass is 10.0. The van der Waals surface area contributed by atoms with Crippen LogP contribution in [-0.2, 0) is 6.42 Å². The van der Waals surface area contributed by atoms with Crippen molar-refractivity contribution in [2.45, 2.75) is 6.42 Å². The lowest BCUT2D eigenvalue weighted by Crippen LogP contribution is -2.09. The van der Waals surface area contributed by atoms with E-state index in [9.17, 15) is 26.7 Å². The third-order valence-electron chi connectivity index (χ3n) is 2.69. The Hall–Kier alpha value is -2.24. The molecule has 0 spiro atoms. The van der Waals surface area contributed by atoms with Gasteiger partial charge in [0.1, 0.15) is 5.82 Å². The molecule has 2 aromatic carbocycles. The average molecular weight is 286 g/mol. The van der Waals surface area contributed by atoms with Gasteiger partial charge in [0, 0.05) is 12.5 Å². The van der Waals surface area contributed by atoms with Crippen LogP contribution in [0.5, 0.6) is 0 Å². The summed E-state index contributed by atoms with van der Waals surface area (Å²) in [5, 5.41) is 0. The van der Waals surface area contributed by atoms with Crippen molar-refractivity contribution in [3.8, 4) is 0 Å². The summed E-state index contributed by atoms with van der Waals surface area (Å²) in [6.45, 7) is 0. The van der Waals surface area contributed by atoms with Gasteiger partial charge >= 0.3 is 0 Å². The fourth-order valence-corrected chi connectivity index (χ4v) is 1.69. The first-order chi connectivity index (χ1) is 9.40. The van der Waals surface area contributed by atoms with Crippen LogP contribution in [0.15, 0.2) is 30.3 Å². The molecule has 0 radical (unpaired) electrons. The molecule has 6 heteroatoms. The molecule has 0 amide bonds. The van der Waals surface area contributed by atoms with Gasteiger partial charge in [-0.15, -0.1) is 0 Å². The molecule has 0 saturated carbocycles. The van der Waals surface area contributed by atoms with Gasteiger partial charge in [-0.25, -0.2) is 22.0 Å². The van der Waals surface area contributed by atoms with E-state index in [0.717, 1.165) is 12.1 Å². The summed E-state index contributed by atoms with van der Waals surface area (Å²) in [4.78, 5) is 11.7. The van der Waals surface area contributed by atoms with E-state index in [2.05, 4.69) is 0 Å². The van der Waals surface area contributed by atoms with Crippen molar-refractivity contribution in [1.82, 2.24) is 0 Å². The summed E-state index contributed by atoms with van der Waals surface area (Å²) >= 11 is 0. The molecule has 0 N–H and O–H groups in total. The molecule has 1 nitrogen and oxygen atoms in total. The van der Waals surface area contributed by atoms with Crippen LogP contribution in [0.1, 0.15) is 15.9 Å². The zero-order valence-electron chi connectivity index (χ0n) is 9.89. The Bertz CT molecular complexity index is 682. The minimum atomic E-state index is -1.43. The molecule has 0 aromatic heterocycles. The van der Waals surface area contributed by atoms with Gasteiger partial charge in [0.2, 0.25) is 0 Å². The molecule has 0 aliphatic heterocycles. The Kier molecular flexibility index (Phi) is 3.83. The normalized spacial score (nSPS) is 10.7. The number of carbonyl (C=O) groups is 1. The monoisotopic (exact) mass is 286 g/mol. The molecule has 0 aliphatic rings. The molecule has 104 valence electrons. The number of benzene rings is 2. The number of hydrogen-bond acceptors (Lipinski definition) is 1.